The van der Waals surface area contributed by atoms with Crippen LogP contribution in [0.3, 0.4) is 0 Å². The highest BCUT2D eigenvalue weighted by atomic mass is 16.5. The van der Waals surface area contributed by atoms with Crippen molar-refractivity contribution in [1.82, 2.24) is 0 Å². The van der Waals surface area contributed by atoms with E-state index >= 15 is 0 Å². The Bertz CT molecular complexity index is 668. The Balaban J connectivity index is 1.90. The molecule has 122 valence electrons. The van der Waals surface area contributed by atoms with E-state index in [2.05, 4.69) is 0 Å². The quantitative estimate of drug-likeness (QED) is 0.861. The van der Waals surface area contributed by atoms with Crippen LogP contribution in [0.4, 0.5) is 0 Å². The number of aliphatic hydroxyl groups excluding tert-OH is 2. The molecular weight excluding hydrogens is 292 g/mol. The summed E-state index contributed by atoms with van der Waals surface area (Å²) in [5.41, 5.74) is 3.11. The number of aryl methyl sites for hydroxylation is 1. The van der Waals surface area contributed by atoms with Crippen LogP contribution < -0.4 is 9.47 Å². The minimum atomic E-state index is -0.210. The van der Waals surface area contributed by atoms with Crippen LogP contribution >= 0.6 is 0 Å². The maximum atomic E-state index is 9.80. The average Bonchev–Trinajstić information content (AvgIpc) is 2.98. The summed E-state index contributed by atoms with van der Waals surface area (Å²) in [6.45, 7) is 0.203. The highest BCUT2D eigenvalue weighted by Gasteiger charge is 2.35. The first-order valence-electron chi connectivity index (χ1n) is 7.92. The Morgan fingerprint density at radius 2 is 1.96 bits per heavy atom. The first kappa shape index (κ1) is 15.8. The van der Waals surface area contributed by atoms with Gasteiger partial charge >= 0.3 is 0 Å². The zero-order chi connectivity index (χ0) is 16.2. The van der Waals surface area contributed by atoms with Gasteiger partial charge in [0.1, 0.15) is 17.6 Å². The molecule has 0 aromatic heterocycles. The molecule has 0 saturated carbocycles. The van der Waals surface area contributed by atoms with Gasteiger partial charge in [-0.3, -0.25) is 0 Å². The summed E-state index contributed by atoms with van der Waals surface area (Å²) < 4.78 is 11.6. The van der Waals surface area contributed by atoms with E-state index < -0.39 is 0 Å². The van der Waals surface area contributed by atoms with Gasteiger partial charge in [-0.05, 0) is 36.1 Å². The van der Waals surface area contributed by atoms with Crippen molar-refractivity contribution in [2.45, 2.75) is 24.9 Å². The molecule has 0 amide bonds. The number of hydrogen-bond acceptors (Lipinski definition) is 4. The number of rotatable bonds is 6. The van der Waals surface area contributed by atoms with E-state index in [1.54, 1.807) is 7.11 Å². The molecule has 0 fully saturated rings. The Kier molecular flexibility index (Phi) is 4.84. The zero-order valence-electron chi connectivity index (χ0n) is 13.2. The summed E-state index contributed by atoms with van der Waals surface area (Å²) in [7, 11) is 1.65. The van der Waals surface area contributed by atoms with Crippen molar-refractivity contribution in [2.75, 3.05) is 20.3 Å². The minimum Gasteiger partial charge on any atom is -0.496 e. The van der Waals surface area contributed by atoms with E-state index in [1.807, 2.05) is 42.5 Å². The van der Waals surface area contributed by atoms with Gasteiger partial charge in [-0.25, -0.2) is 0 Å². The van der Waals surface area contributed by atoms with Crippen molar-refractivity contribution in [3.8, 4) is 11.5 Å². The second-order valence-corrected chi connectivity index (χ2v) is 5.76. The molecule has 2 aromatic carbocycles. The largest absolute Gasteiger partial charge is 0.496 e. The lowest BCUT2D eigenvalue weighted by Gasteiger charge is -2.19. The molecule has 4 nitrogen and oxygen atoms in total. The van der Waals surface area contributed by atoms with Gasteiger partial charge in [0.05, 0.1) is 19.6 Å². The Morgan fingerprint density at radius 3 is 2.70 bits per heavy atom. The summed E-state index contributed by atoms with van der Waals surface area (Å²) in [6.07, 6.45) is 1.27. The summed E-state index contributed by atoms with van der Waals surface area (Å²) in [4.78, 5) is 0. The third-order valence-electron chi connectivity index (χ3n) is 4.38. The fourth-order valence-electron chi connectivity index (χ4n) is 3.18. The van der Waals surface area contributed by atoms with E-state index in [4.69, 9.17) is 14.6 Å². The second-order valence-electron chi connectivity index (χ2n) is 5.76. The Labute approximate surface area is 136 Å². The fourth-order valence-corrected chi connectivity index (χ4v) is 3.18. The Morgan fingerprint density at radius 1 is 1.13 bits per heavy atom. The maximum Gasteiger partial charge on any atom is 0.133 e. The second kappa shape index (κ2) is 7.02. The van der Waals surface area contributed by atoms with E-state index in [-0.39, 0.29) is 25.2 Å². The molecule has 0 saturated heterocycles. The van der Waals surface area contributed by atoms with E-state index in [9.17, 15) is 5.11 Å². The van der Waals surface area contributed by atoms with E-state index in [0.717, 1.165) is 34.6 Å². The molecule has 0 unspecified atom stereocenters. The predicted molar refractivity (Wildman–Crippen MR) is 88.0 cm³/mol. The molecule has 0 spiro atoms. The van der Waals surface area contributed by atoms with Gasteiger partial charge in [0.25, 0.3) is 0 Å². The molecule has 2 aromatic rings. The molecule has 0 aliphatic carbocycles. The van der Waals surface area contributed by atoms with Crippen LogP contribution in [0.25, 0.3) is 0 Å². The number of fused-ring (bicyclic) bond motifs is 1. The molecule has 1 aliphatic rings. The van der Waals surface area contributed by atoms with Crippen LogP contribution in [0, 0.1) is 0 Å². The third-order valence-corrected chi connectivity index (χ3v) is 4.38. The normalized spacial score (nSPS) is 19.3. The first-order valence-corrected chi connectivity index (χ1v) is 7.92. The summed E-state index contributed by atoms with van der Waals surface area (Å²) >= 11 is 0. The highest BCUT2D eigenvalue weighted by molar-refractivity contribution is 5.46. The molecule has 4 heteroatoms. The van der Waals surface area contributed by atoms with Gasteiger partial charge in [-0.2, -0.15) is 0 Å². The molecule has 1 heterocycles. The van der Waals surface area contributed by atoms with Gasteiger partial charge in [0.15, 0.2) is 0 Å². The van der Waals surface area contributed by atoms with Crippen LogP contribution in [0.2, 0.25) is 0 Å². The van der Waals surface area contributed by atoms with Crippen LogP contribution in [0.15, 0.2) is 42.5 Å². The number of para-hydroxylation sites is 1. The van der Waals surface area contributed by atoms with Crippen LogP contribution in [-0.4, -0.2) is 30.5 Å². The minimum absolute atomic E-state index is 0.0380. The van der Waals surface area contributed by atoms with Crippen molar-refractivity contribution in [3.63, 3.8) is 0 Å². The zero-order valence-corrected chi connectivity index (χ0v) is 13.2. The topological polar surface area (TPSA) is 58.9 Å². The summed E-state index contributed by atoms with van der Waals surface area (Å²) in [5.74, 6) is 1.56. The molecule has 0 radical (unpaired) electrons. The number of methoxy groups -OCH3 is 1. The van der Waals surface area contributed by atoms with Gasteiger partial charge in [0, 0.05) is 12.2 Å². The first-order chi connectivity index (χ1) is 11.3. The SMILES string of the molecule is COc1cc([C@H]2Oc3ccccc3[C@@H]2CO)ccc1CCCO. The Hall–Kier alpha value is -2.04. The smallest absolute Gasteiger partial charge is 0.133 e. The molecule has 0 bridgehead atoms. The monoisotopic (exact) mass is 314 g/mol. The van der Waals surface area contributed by atoms with Crippen molar-refractivity contribution in [2.24, 2.45) is 0 Å². The number of hydrogen-bond donors (Lipinski definition) is 2. The van der Waals surface area contributed by atoms with Crippen LogP contribution in [-0.2, 0) is 6.42 Å². The summed E-state index contributed by atoms with van der Waals surface area (Å²) in [6, 6.07) is 13.9. The van der Waals surface area contributed by atoms with Crippen molar-refractivity contribution >= 4 is 0 Å². The van der Waals surface area contributed by atoms with Crippen molar-refractivity contribution in [3.05, 3.63) is 59.2 Å². The highest BCUT2D eigenvalue weighted by Crippen LogP contribution is 2.46. The lowest BCUT2D eigenvalue weighted by molar-refractivity contribution is 0.159. The number of aliphatic hydroxyl groups is 2. The van der Waals surface area contributed by atoms with Crippen molar-refractivity contribution in [1.29, 1.82) is 0 Å². The van der Waals surface area contributed by atoms with E-state index in [0.29, 0.717) is 6.42 Å². The molecule has 1 aliphatic heterocycles. The van der Waals surface area contributed by atoms with Gasteiger partial charge in [-0.1, -0.05) is 30.3 Å². The van der Waals surface area contributed by atoms with Crippen molar-refractivity contribution < 1.29 is 19.7 Å². The lowest BCUT2D eigenvalue weighted by atomic mass is 9.91. The van der Waals surface area contributed by atoms with Gasteiger partial charge < -0.3 is 19.7 Å². The average molecular weight is 314 g/mol. The number of ether oxygens (including phenoxy) is 2. The lowest BCUT2D eigenvalue weighted by Crippen LogP contribution is -2.13. The predicted octanol–water partition coefficient (Wildman–Crippen LogP) is 2.83. The fraction of sp³-hybridized carbons (Fsp3) is 0.368. The van der Waals surface area contributed by atoms with Crippen LogP contribution in [0.1, 0.15) is 35.1 Å². The molecule has 2 atom stereocenters. The third kappa shape index (κ3) is 3.05. The molecule has 2 N–H and O–H groups in total. The maximum absolute atomic E-state index is 9.80. The van der Waals surface area contributed by atoms with Gasteiger partial charge in [0.2, 0.25) is 0 Å². The molecular formula is C19H22O4. The molecule has 23 heavy (non-hydrogen) atoms. The van der Waals surface area contributed by atoms with E-state index in [1.165, 1.54) is 0 Å². The summed E-state index contributed by atoms with van der Waals surface area (Å²) in [5, 5.41) is 18.8. The number of benzene rings is 2. The van der Waals surface area contributed by atoms with Crippen LogP contribution in [0.5, 0.6) is 11.5 Å². The standard InChI is InChI=1S/C19H22O4/c1-22-18-11-14(9-8-13(18)5-4-10-20)19-16(12-21)15-6-2-3-7-17(15)23-19/h2-3,6-9,11,16,19-21H,4-5,10,12H2,1H3/t16-,19+/m0/s1. The van der Waals surface area contributed by atoms with Gasteiger partial charge in [-0.15, -0.1) is 0 Å². The molecule has 3 rings (SSSR count).